The molecule has 0 amide bonds. The van der Waals surface area contributed by atoms with Crippen molar-refractivity contribution in [3.8, 4) is 11.1 Å². The van der Waals surface area contributed by atoms with Crippen LogP contribution in [-0.4, -0.2) is 12.1 Å². The lowest BCUT2D eigenvalue weighted by Crippen LogP contribution is -2.11. The van der Waals surface area contributed by atoms with E-state index in [1.807, 2.05) is 38.1 Å². The van der Waals surface area contributed by atoms with Gasteiger partial charge in [-0.15, -0.1) is 0 Å². The molecule has 1 aliphatic rings. The summed E-state index contributed by atoms with van der Waals surface area (Å²) in [5.41, 5.74) is 5.63. The lowest BCUT2D eigenvalue weighted by Gasteiger charge is -2.09. The quantitative estimate of drug-likeness (QED) is 0.648. The Hall–Kier alpha value is -2.09. The molecule has 0 fully saturated rings. The Balaban J connectivity index is 2.00. The Labute approximate surface area is 113 Å². The van der Waals surface area contributed by atoms with Crippen molar-refractivity contribution in [3.63, 3.8) is 0 Å². The highest BCUT2D eigenvalue weighted by molar-refractivity contribution is 5.92. The van der Waals surface area contributed by atoms with E-state index < -0.39 is 0 Å². The number of fused-ring (bicyclic) bond motifs is 3. The largest absolute Gasteiger partial charge is 0.459 e. The number of rotatable bonds is 2. The van der Waals surface area contributed by atoms with Crippen LogP contribution in [0.5, 0.6) is 0 Å². The maximum atomic E-state index is 11.9. The van der Waals surface area contributed by atoms with Gasteiger partial charge >= 0.3 is 5.97 Å². The monoisotopic (exact) mass is 252 g/mol. The first-order chi connectivity index (χ1) is 9.15. The maximum absolute atomic E-state index is 11.9. The van der Waals surface area contributed by atoms with Gasteiger partial charge in [0.05, 0.1) is 11.7 Å². The molecule has 2 heteroatoms. The molecule has 96 valence electrons. The first-order valence-corrected chi connectivity index (χ1v) is 6.57. The Kier molecular flexibility index (Phi) is 2.86. The number of benzene rings is 2. The van der Waals surface area contributed by atoms with E-state index >= 15 is 0 Å². The molecule has 0 unspecified atom stereocenters. The van der Waals surface area contributed by atoms with Gasteiger partial charge in [-0.25, -0.2) is 4.79 Å². The summed E-state index contributed by atoms with van der Waals surface area (Å²) < 4.78 is 5.25. The van der Waals surface area contributed by atoms with Crippen LogP contribution in [0.15, 0.2) is 42.5 Å². The number of hydrogen-bond donors (Lipinski definition) is 0. The van der Waals surface area contributed by atoms with Crippen molar-refractivity contribution in [2.45, 2.75) is 26.4 Å². The second-order valence-electron chi connectivity index (χ2n) is 5.16. The number of carbonyl (C=O) groups is 1. The van der Waals surface area contributed by atoms with Gasteiger partial charge in [0.2, 0.25) is 0 Å². The zero-order valence-electron chi connectivity index (χ0n) is 11.1. The molecule has 2 aromatic carbocycles. The highest BCUT2D eigenvalue weighted by Crippen LogP contribution is 2.36. The summed E-state index contributed by atoms with van der Waals surface area (Å²) in [7, 11) is 0. The number of esters is 1. The van der Waals surface area contributed by atoms with Crippen molar-refractivity contribution in [2.24, 2.45) is 0 Å². The third-order valence-electron chi connectivity index (χ3n) is 3.38. The van der Waals surface area contributed by atoms with E-state index in [-0.39, 0.29) is 12.1 Å². The van der Waals surface area contributed by atoms with E-state index in [0.717, 1.165) is 12.0 Å². The normalized spacial score (nSPS) is 12.2. The minimum atomic E-state index is -0.248. The minimum Gasteiger partial charge on any atom is -0.459 e. The molecule has 0 aromatic heterocycles. The van der Waals surface area contributed by atoms with E-state index in [9.17, 15) is 4.79 Å². The average molecular weight is 252 g/mol. The van der Waals surface area contributed by atoms with Crippen molar-refractivity contribution < 1.29 is 9.53 Å². The van der Waals surface area contributed by atoms with E-state index in [0.29, 0.717) is 5.56 Å². The zero-order chi connectivity index (χ0) is 13.4. The van der Waals surface area contributed by atoms with E-state index in [1.54, 1.807) is 0 Å². The third-order valence-corrected chi connectivity index (χ3v) is 3.38. The van der Waals surface area contributed by atoms with Crippen LogP contribution in [0.25, 0.3) is 11.1 Å². The number of carbonyl (C=O) groups excluding carboxylic acids is 1. The molecule has 0 saturated heterocycles. The Morgan fingerprint density at radius 2 is 1.79 bits per heavy atom. The van der Waals surface area contributed by atoms with Crippen LogP contribution >= 0.6 is 0 Å². The summed E-state index contributed by atoms with van der Waals surface area (Å²) in [5, 5.41) is 0. The smallest absolute Gasteiger partial charge is 0.338 e. The van der Waals surface area contributed by atoms with Gasteiger partial charge in [-0.05, 0) is 54.7 Å². The molecule has 1 aliphatic carbocycles. The van der Waals surface area contributed by atoms with E-state index in [1.165, 1.54) is 16.7 Å². The molecule has 0 saturated carbocycles. The van der Waals surface area contributed by atoms with Crippen LogP contribution in [0.3, 0.4) is 0 Å². The molecule has 0 atom stereocenters. The fraction of sp³-hybridized carbons (Fsp3) is 0.235. The maximum Gasteiger partial charge on any atom is 0.338 e. The highest BCUT2D eigenvalue weighted by Gasteiger charge is 2.20. The molecule has 2 aromatic rings. The lowest BCUT2D eigenvalue weighted by atomic mass is 10.0. The van der Waals surface area contributed by atoms with Gasteiger partial charge in [-0.3, -0.25) is 0 Å². The summed E-state index contributed by atoms with van der Waals surface area (Å²) in [6, 6.07) is 14.2. The fourth-order valence-electron chi connectivity index (χ4n) is 2.53. The predicted molar refractivity (Wildman–Crippen MR) is 75.2 cm³/mol. The molecular formula is C17H16O2. The second kappa shape index (κ2) is 4.54. The van der Waals surface area contributed by atoms with Gasteiger partial charge in [-0.2, -0.15) is 0 Å². The van der Waals surface area contributed by atoms with Crippen LogP contribution in [0.2, 0.25) is 0 Å². The minimum absolute atomic E-state index is 0.0898. The summed E-state index contributed by atoms with van der Waals surface area (Å²) in [4.78, 5) is 11.9. The van der Waals surface area contributed by atoms with Crippen molar-refractivity contribution in [1.29, 1.82) is 0 Å². The Morgan fingerprint density at radius 1 is 1.05 bits per heavy atom. The highest BCUT2D eigenvalue weighted by atomic mass is 16.5. The van der Waals surface area contributed by atoms with E-state index in [4.69, 9.17) is 4.74 Å². The standard InChI is InChI=1S/C17H16O2/c1-11(2)19-17(18)14-8-7-13-9-12-5-3-4-6-15(12)16(13)10-14/h3-8,10-11H,9H2,1-2H3. The van der Waals surface area contributed by atoms with Gasteiger partial charge in [0, 0.05) is 0 Å². The number of hydrogen-bond acceptors (Lipinski definition) is 2. The molecule has 0 bridgehead atoms. The third kappa shape index (κ3) is 2.14. The molecule has 0 heterocycles. The molecule has 2 nitrogen and oxygen atoms in total. The number of ether oxygens (including phenoxy) is 1. The van der Waals surface area contributed by atoms with Gasteiger partial charge in [0.1, 0.15) is 0 Å². The van der Waals surface area contributed by atoms with Gasteiger partial charge < -0.3 is 4.74 Å². The van der Waals surface area contributed by atoms with E-state index in [2.05, 4.69) is 18.2 Å². The van der Waals surface area contributed by atoms with Gasteiger partial charge in [-0.1, -0.05) is 30.3 Å². The van der Waals surface area contributed by atoms with Crippen LogP contribution < -0.4 is 0 Å². The molecule has 0 N–H and O–H groups in total. The van der Waals surface area contributed by atoms with Crippen molar-refractivity contribution in [3.05, 3.63) is 59.2 Å². The average Bonchev–Trinajstić information content (AvgIpc) is 2.75. The van der Waals surface area contributed by atoms with Crippen molar-refractivity contribution in [1.82, 2.24) is 0 Å². The first-order valence-electron chi connectivity index (χ1n) is 6.57. The van der Waals surface area contributed by atoms with Gasteiger partial charge in [0.25, 0.3) is 0 Å². The Morgan fingerprint density at radius 3 is 2.58 bits per heavy atom. The van der Waals surface area contributed by atoms with Crippen LogP contribution in [0.4, 0.5) is 0 Å². The second-order valence-corrected chi connectivity index (χ2v) is 5.16. The molecule has 0 spiro atoms. The van der Waals surface area contributed by atoms with Crippen LogP contribution in [0.1, 0.15) is 35.3 Å². The predicted octanol–water partition coefficient (Wildman–Crippen LogP) is 3.82. The topological polar surface area (TPSA) is 26.3 Å². The summed E-state index contributed by atoms with van der Waals surface area (Å²) in [5.74, 6) is -0.248. The summed E-state index contributed by atoms with van der Waals surface area (Å²) in [6.07, 6.45) is 0.860. The molecular weight excluding hydrogens is 236 g/mol. The fourth-order valence-corrected chi connectivity index (χ4v) is 2.53. The molecule has 0 aliphatic heterocycles. The zero-order valence-corrected chi connectivity index (χ0v) is 11.1. The van der Waals surface area contributed by atoms with Gasteiger partial charge in [0.15, 0.2) is 0 Å². The molecule has 19 heavy (non-hydrogen) atoms. The van der Waals surface area contributed by atoms with Crippen LogP contribution in [-0.2, 0) is 11.2 Å². The SMILES string of the molecule is CC(C)OC(=O)c1ccc2c(c1)-c1ccccc1C2. The Bertz CT molecular complexity index is 641. The summed E-state index contributed by atoms with van der Waals surface area (Å²) >= 11 is 0. The molecule has 0 radical (unpaired) electrons. The lowest BCUT2D eigenvalue weighted by molar-refractivity contribution is 0.0378. The summed E-state index contributed by atoms with van der Waals surface area (Å²) in [6.45, 7) is 3.72. The van der Waals surface area contributed by atoms with Crippen molar-refractivity contribution in [2.75, 3.05) is 0 Å². The van der Waals surface area contributed by atoms with Crippen LogP contribution in [0, 0.1) is 0 Å². The molecule has 3 rings (SSSR count). The van der Waals surface area contributed by atoms with Crippen molar-refractivity contribution >= 4 is 5.97 Å². The first kappa shape index (κ1) is 12.0.